The Hall–Kier alpha value is -0.450. The number of Topliss-reactive ketones (excluding diaryl/α,β-unsaturated/α-hetero) is 1. The van der Waals surface area contributed by atoms with E-state index in [1.165, 1.54) is 0 Å². The summed E-state index contributed by atoms with van der Waals surface area (Å²) in [6, 6.07) is 0. The maximum Gasteiger partial charge on any atom is 0.133 e. The van der Waals surface area contributed by atoms with Gasteiger partial charge in [-0.3, -0.25) is 4.79 Å². The number of β-amino-alcohol motifs (C(OH)–C–C–N with tert-alkyl or cyclic N) is 1. The van der Waals surface area contributed by atoms with Crippen molar-refractivity contribution in [2.45, 2.75) is 32.8 Å². The number of carbonyl (C=O) groups is 1. The minimum absolute atomic E-state index is 0.236. The molecule has 4 heteroatoms. The third-order valence-corrected chi connectivity index (χ3v) is 3.15. The number of aliphatic hydroxyl groups is 1. The van der Waals surface area contributed by atoms with Gasteiger partial charge < -0.3 is 14.7 Å². The lowest BCUT2D eigenvalue weighted by Gasteiger charge is -2.32. The maximum absolute atomic E-state index is 11.2. The van der Waals surface area contributed by atoms with Crippen molar-refractivity contribution in [3.05, 3.63) is 0 Å². The van der Waals surface area contributed by atoms with E-state index in [1.54, 1.807) is 6.92 Å². The largest absolute Gasteiger partial charge is 0.389 e. The molecule has 16 heavy (non-hydrogen) atoms. The summed E-state index contributed by atoms with van der Waals surface area (Å²) in [5.41, 5.74) is 0. The molecule has 0 aromatic rings. The van der Waals surface area contributed by atoms with E-state index in [4.69, 9.17) is 4.74 Å². The van der Waals surface area contributed by atoms with Gasteiger partial charge in [0.05, 0.1) is 12.7 Å². The summed E-state index contributed by atoms with van der Waals surface area (Å²) in [4.78, 5) is 13.4. The van der Waals surface area contributed by atoms with E-state index in [-0.39, 0.29) is 5.92 Å². The standard InChI is InChI=1S/C12H23NO3/c1-3-16-9-12(15)8-13-6-4-11(5-7-13)10(2)14/h11-12,15H,3-9H2,1-2H3. The van der Waals surface area contributed by atoms with Crippen molar-refractivity contribution >= 4 is 5.78 Å². The van der Waals surface area contributed by atoms with Crippen LogP contribution in [0.4, 0.5) is 0 Å². The number of piperidine rings is 1. The van der Waals surface area contributed by atoms with Gasteiger partial charge >= 0.3 is 0 Å². The molecule has 1 fully saturated rings. The quantitative estimate of drug-likeness (QED) is 0.728. The van der Waals surface area contributed by atoms with E-state index >= 15 is 0 Å². The zero-order valence-corrected chi connectivity index (χ0v) is 10.3. The molecule has 4 nitrogen and oxygen atoms in total. The molecule has 1 aliphatic rings. The van der Waals surface area contributed by atoms with Crippen molar-refractivity contribution in [1.29, 1.82) is 0 Å². The van der Waals surface area contributed by atoms with Crippen LogP contribution >= 0.6 is 0 Å². The first-order valence-electron chi connectivity index (χ1n) is 6.12. The fourth-order valence-corrected chi connectivity index (χ4v) is 2.13. The number of rotatable bonds is 6. The molecule has 0 aromatic heterocycles. The van der Waals surface area contributed by atoms with Gasteiger partial charge in [0.1, 0.15) is 5.78 Å². The molecule has 1 heterocycles. The highest BCUT2D eigenvalue weighted by Crippen LogP contribution is 2.17. The average molecular weight is 229 g/mol. The van der Waals surface area contributed by atoms with E-state index in [0.29, 0.717) is 25.5 Å². The van der Waals surface area contributed by atoms with Crippen LogP contribution in [0.25, 0.3) is 0 Å². The van der Waals surface area contributed by atoms with Crippen LogP contribution in [0, 0.1) is 5.92 Å². The zero-order valence-electron chi connectivity index (χ0n) is 10.3. The highest BCUT2D eigenvalue weighted by atomic mass is 16.5. The Morgan fingerprint density at radius 3 is 2.62 bits per heavy atom. The summed E-state index contributed by atoms with van der Waals surface area (Å²) in [7, 11) is 0. The molecular formula is C12H23NO3. The Kier molecular flexibility index (Phi) is 5.95. The van der Waals surface area contributed by atoms with Crippen LogP contribution in [0.3, 0.4) is 0 Å². The van der Waals surface area contributed by atoms with Crippen LogP contribution in [-0.2, 0) is 9.53 Å². The molecule has 0 radical (unpaired) electrons. The zero-order chi connectivity index (χ0) is 12.0. The maximum atomic E-state index is 11.2. The molecule has 1 saturated heterocycles. The normalized spacial score (nSPS) is 20.9. The summed E-state index contributed by atoms with van der Waals surface area (Å²) in [5, 5.41) is 9.67. The second kappa shape index (κ2) is 6.99. The van der Waals surface area contributed by atoms with E-state index in [9.17, 15) is 9.90 Å². The molecule has 1 rings (SSSR count). The van der Waals surface area contributed by atoms with Crippen molar-refractivity contribution < 1.29 is 14.6 Å². The molecule has 0 aliphatic carbocycles. The summed E-state index contributed by atoms with van der Waals surface area (Å²) < 4.78 is 5.17. The van der Waals surface area contributed by atoms with Gasteiger partial charge in [-0.2, -0.15) is 0 Å². The van der Waals surface area contributed by atoms with Crippen LogP contribution in [0.5, 0.6) is 0 Å². The van der Waals surface area contributed by atoms with E-state index in [2.05, 4.69) is 4.90 Å². The Labute approximate surface area is 97.6 Å². The first kappa shape index (κ1) is 13.6. The van der Waals surface area contributed by atoms with Gasteiger partial charge in [-0.25, -0.2) is 0 Å². The number of ketones is 1. The minimum atomic E-state index is -0.408. The van der Waals surface area contributed by atoms with Gasteiger partial charge in [-0.15, -0.1) is 0 Å². The van der Waals surface area contributed by atoms with Gasteiger partial charge in [-0.05, 0) is 39.8 Å². The van der Waals surface area contributed by atoms with Crippen molar-refractivity contribution in [3.63, 3.8) is 0 Å². The number of ether oxygens (including phenoxy) is 1. The Balaban J connectivity index is 2.18. The molecular weight excluding hydrogens is 206 g/mol. The van der Waals surface area contributed by atoms with Crippen LogP contribution in [0.1, 0.15) is 26.7 Å². The first-order valence-corrected chi connectivity index (χ1v) is 6.12. The number of hydrogen-bond donors (Lipinski definition) is 1. The Morgan fingerprint density at radius 1 is 1.50 bits per heavy atom. The van der Waals surface area contributed by atoms with E-state index in [0.717, 1.165) is 25.9 Å². The van der Waals surface area contributed by atoms with Gasteiger partial charge in [0.15, 0.2) is 0 Å². The van der Waals surface area contributed by atoms with Gasteiger partial charge in [-0.1, -0.05) is 0 Å². The number of aliphatic hydroxyl groups excluding tert-OH is 1. The highest BCUT2D eigenvalue weighted by molar-refractivity contribution is 5.78. The van der Waals surface area contributed by atoms with E-state index < -0.39 is 6.10 Å². The van der Waals surface area contributed by atoms with Crippen LogP contribution in [0.2, 0.25) is 0 Å². The second-order valence-electron chi connectivity index (χ2n) is 4.50. The van der Waals surface area contributed by atoms with Crippen LogP contribution in [-0.4, -0.2) is 54.7 Å². The fraction of sp³-hybridized carbons (Fsp3) is 0.917. The van der Waals surface area contributed by atoms with Crippen molar-refractivity contribution in [3.8, 4) is 0 Å². The third kappa shape index (κ3) is 4.60. The number of nitrogens with zero attached hydrogens (tertiary/aromatic N) is 1. The lowest BCUT2D eigenvalue weighted by atomic mass is 9.93. The molecule has 94 valence electrons. The smallest absolute Gasteiger partial charge is 0.133 e. The van der Waals surface area contributed by atoms with Crippen molar-refractivity contribution in [2.24, 2.45) is 5.92 Å². The molecule has 0 bridgehead atoms. The lowest BCUT2D eigenvalue weighted by Crippen LogP contribution is -2.41. The predicted octanol–water partition coefficient (Wildman–Crippen LogP) is 0.685. The molecule has 1 atom stereocenters. The third-order valence-electron chi connectivity index (χ3n) is 3.15. The second-order valence-corrected chi connectivity index (χ2v) is 4.50. The topological polar surface area (TPSA) is 49.8 Å². The monoisotopic (exact) mass is 229 g/mol. The SMILES string of the molecule is CCOCC(O)CN1CCC(C(C)=O)CC1. The summed E-state index contributed by atoms with van der Waals surface area (Å²) >= 11 is 0. The minimum Gasteiger partial charge on any atom is -0.389 e. The molecule has 0 aromatic carbocycles. The average Bonchev–Trinajstić information content (AvgIpc) is 2.27. The molecule has 1 unspecified atom stereocenters. The van der Waals surface area contributed by atoms with Crippen LogP contribution in [0.15, 0.2) is 0 Å². The Morgan fingerprint density at radius 2 is 2.12 bits per heavy atom. The number of hydrogen-bond acceptors (Lipinski definition) is 4. The fourth-order valence-electron chi connectivity index (χ4n) is 2.13. The number of carbonyl (C=O) groups excluding carboxylic acids is 1. The highest BCUT2D eigenvalue weighted by Gasteiger charge is 2.23. The van der Waals surface area contributed by atoms with Crippen LogP contribution < -0.4 is 0 Å². The Bertz CT molecular complexity index is 212. The molecule has 0 amide bonds. The first-order chi connectivity index (χ1) is 7.63. The molecule has 0 saturated carbocycles. The van der Waals surface area contributed by atoms with Gasteiger partial charge in [0, 0.05) is 19.1 Å². The molecule has 1 aliphatic heterocycles. The van der Waals surface area contributed by atoms with E-state index in [1.807, 2.05) is 6.92 Å². The summed E-state index contributed by atoms with van der Waals surface area (Å²) in [6.07, 6.45) is 1.45. The predicted molar refractivity (Wildman–Crippen MR) is 62.3 cm³/mol. The van der Waals surface area contributed by atoms with Crippen molar-refractivity contribution in [2.75, 3.05) is 32.8 Å². The van der Waals surface area contributed by atoms with Gasteiger partial charge in [0.25, 0.3) is 0 Å². The molecule has 1 N–H and O–H groups in total. The van der Waals surface area contributed by atoms with Crippen molar-refractivity contribution in [1.82, 2.24) is 4.90 Å². The lowest BCUT2D eigenvalue weighted by molar-refractivity contribution is -0.122. The summed E-state index contributed by atoms with van der Waals surface area (Å²) in [5.74, 6) is 0.537. The van der Waals surface area contributed by atoms with Gasteiger partial charge in [0.2, 0.25) is 0 Å². The number of likely N-dealkylation sites (tertiary alicyclic amines) is 1. The summed E-state index contributed by atoms with van der Waals surface area (Å²) in [6.45, 7) is 7.12. The molecule has 0 spiro atoms.